The summed E-state index contributed by atoms with van der Waals surface area (Å²) in [5.41, 5.74) is 2.94. The van der Waals surface area contributed by atoms with Crippen LogP contribution >= 0.6 is 11.6 Å². The maximum absolute atomic E-state index is 11.0. The summed E-state index contributed by atoms with van der Waals surface area (Å²) in [7, 11) is 0. The van der Waals surface area contributed by atoms with E-state index >= 15 is 0 Å². The predicted molar refractivity (Wildman–Crippen MR) is 101 cm³/mol. The van der Waals surface area contributed by atoms with Crippen LogP contribution in [0.25, 0.3) is 11.3 Å². The average Bonchev–Trinajstić information content (AvgIpc) is 3.03. The summed E-state index contributed by atoms with van der Waals surface area (Å²) >= 11 is 5.99. The van der Waals surface area contributed by atoms with Crippen molar-refractivity contribution in [3.05, 3.63) is 71.2 Å². The Hall–Kier alpha value is -2.79. The Balaban J connectivity index is 1.89. The Morgan fingerprint density at radius 2 is 1.88 bits per heavy atom. The van der Waals surface area contributed by atoms with E-state index in [9.17, 15) is 4.79 Å². The second kappa shape index (κ2) is 8.06. The molecule has 0 amide bonds. The molecule has 0 aliphatic rings. The van der Waals surface area contributed by atoms with Crippen molar-refractivity contribution in [2.75, 3.05) is 6.61 Å². The second-order valence-corrected chi connectivity index (χ2v) is 6.50. The summed E-state index contributed by atoms with van der Waals surface area (Å²) in [6, 6.07) is 19.3. The summed E-state index contributed by atoms with van der Waals surface area (Å²) in [5.74, 6) is -1.10. The lowest BCUT2D eigenvalue weighted by molar-refractivity contribution is -0.142. The topological polar surface area (TPSA) is 64.4 Å². The van der Waals surface area contributed by atoms with Crippen LogP contribution in [-0.4, -0.2) is 27.5 Å². The Labute approximate surface area is 156 Å². The molecule has 0 saturated carbocycles. The van der Waals surface area contributed by atoms with Gasteiger partial charge in [-0.2, -0.15) is 0 Å². The van der Waals surface area contributed by atoms with Gasteiger partial charge in [-0.3, -0.25) is 9.48 Å². The molecule has 3 rings (SSSR count). The summed E-state index contributed by atoms with van der Waals surface area (Å²) in [6.07, 6.45) is 0. The van der Waals surface area contributed by atoms with Gasteiger partial charge in [-0.25, -0.2) is 0 Å². The van der Waals surface area contributed by atoms with E-state index in [0.717, 1.165) is 16.8 Å². The number of hydrogen-bond donors (Lipinski definition) is 1. The predicted octanol–water partition coefficient (Wildman–Crippen LogP) is 4.35. The number of rotatable bonds is 7. The number of benzene rings is 2. The molecule has 1 unspecified atom stereocenters. The lowest BCUT2D eigenvalue weighted by atomic mass is 10.1. The largest absolute Gasteiger partial charge is 0.481 e. The molecular formula is C20H19ClN2O3. The average molecular weight is 371 g/mol. The molecule has 0 aliphatic carbocycles. The van der Waals surface area contributed by atoms with Crippen LogP contribution in [0.3, 0.4) is 0 Å². The fourth-order valence-corrected chi connectivity index (χ4v) is 2.60. The van der Waals surface area contributed by atoms with Gasteiger partial charge >= 0.3 is 5.97 Å². The zero-order chi connectivity index (χ0) is 18.5. The van der Waals surface area contributed by atoms with Gasteiger partial charge < -0.3 is 9.84 Å². The van der Waals surface area contributed by atoms with E-state index in [1.807, 2.05) is 65.3 Å². The van der Waals surface area contributed by atoms with Gasteiger partial charge in [0.2, 0.25) is 5.88 Å². The number of aliphatic carboxylic acids is 1. The van der Waals surface area contributed by atoms with Crippen LogP contribution in [0.1, 0.15) is 12.5 Å². The molecule has 0 radical (unpaired) electrons. The van der Waals surface area contributed by atoms with Gasteiger partial charge in [0.25, 0.3) is 0 Å². The molecule has 1 N–H and O–H groups in total. The van der Waals surface area contributed by atoms with E-state index in [2.05, 4.69) is 5.10 Å². The summed E-state index contributed by atoms with van der Waals surface area (Å²) in [4.78, 5) is 11.0. The third kappa shape index (κ3) is 4.43. The molecule has 0 bridgehead atoms. The SMILES string of the molecule is CC(COc1cc(-c2ccc(Cl)cc2)n(Cc2ccccc2)n1)C(=O)O. The molecule has 134 valence electrons. The van der Waals surface area contributed by atoms with E-state index < -0.39 is 11.9 Å². The van der Waals surface area contributed by atoms with Gasteiger partial charge in [-0.1, -0.05) is 54.1 Å². The van der Waals surface area contributed by atoms with Crippen LogP contribution in [0.2, 0.25) is 5.02 Å². The van der Waals surface area contributed by atoms with Crippen molar-refractivity contribution < 1.29 is 14.6 Å². The molecule has 6 heteroatoms. The van der Waals surface area contributed by atoms with Gasteiger partial charge in [-0.05, 0) is 24.6 Å². The van der Waals surface area contributed by atoms with Gasteiger partial charge in [0.05, 0.1) is 18.2 Å². The highest BCUT2D eigenvalue weighted by molar-refractivity contribution is 6.30. The van der Waals surface area contributed by atoms with E-state index in [-0.39, 0.29) is 6.61 Å². The minimum atomic E-state index is -0.897. The van der Waals surface area contributed by atoms with Crippen molar-refractivity contribution in [1.82, 2.24) is 9.78 Å². The number of nitrogens with zero attached hydrogens (tertiary/aromatic N) is 2. The fourth-order valence-electron chi connectivity index (χ4n) is 2.48. The summed E-state index contributed by atoms with van der Waals surface area (Å²) in [5, 5.41) is 14.2. The molecule has 0 fully saturated rings. The molecule has 1 aromatic heterocycles. The molecule has 3 aromatic rings. The zero-order valence-electron chi connectivity index (χ0n) is 14.3. The summed E-state index contributed by atoms with van der Waals surface area (Å²) < 4.78 is 7.44. The maximum Gasteiger partial charge on any atom is 0.309 e. The fraction of sp³-hybridized carbons (Fsp3) is 0.200. The van der Waals surface area contributed by atoms with Crippen LogP contribution in [0.4, 0.5) is 0 Å². The number of ether oxygens (including phenoxy) is 1. The quantitative estimate of drug-likeness (QED) is 0.671. The summed E-state index contributed by atoms with van der Waals surface area (Å²) in [6.45, 7) is 2.25. The third-order valence-electron chi connectivity index (χ3n) is 3.98. The number of aromatic nitrogens is 2. The van der Waals surface area contributed by atoms with Crippen molar-refractivity contribution in [3.63, 3.8) is 0 Å². The van der Waals surface area contributed by atoms with E-state index in [0.29, 0.717) is 17.4 Å². The normalized spacial score (nSPS) is 11.9. The lowest BCUT2D eigenvalue weighted by Crippen LogP contribution is -2.18. The van der Waals surface area contributed by atoms with Crippen LogP contribution in [0.5, 0.6) is 5.88 Å². The molecular weight excluding hydrogens is 352 g/mol. The molecule has 5 nitrogen and oxygen atoms in total. The van der Waals surface area contributed by atoms with Crippen LogP contribution < -0.4 is 4.74 Å². The molecule has 0 saturated heterocycles. The molecule has 0 aliphatic heterocycles. The van der Waals surface area contributed by atoms with Gasteiger partial charge in [-0.15, -0.1) is 5.10 Å². The Morgan fingerprint density at radius 3 is 2.54 bits per heavy atom. The first-order chi connectivity index (χ1) is 12.5. The first-order valence-electron chi connectivity index (χ1n) is 8.26. The van der Waals surface area contributed by atoms with Crippen molar-refractivity contribution in [1.29, 1.82) is 0 Å². The van der Waals surface area contributed by atoms with Crippen molar-refractivity contribution in [2.24, 2.45) is 5.92 Å². The van der Waals surface area contributed by atoms with Crippen LogP contribution in [0.15, 0.2) is 60.7 Å². The van der Waals surface area contributed by atoms with Crippen molar-refractivity contribution in [2.45, 2.75) is 13.5 Å². The standard InChI is InChI=1S/C20H19ClN2O3/c1-14(20(24)25)13-26-19-11-18(16-7-9-17(21)10-8-16)23(22-19)12-15-5-3-2-4-6-15/h2-11,14H,12-13H2,1H3,(H,24,25). The number of carboxylic acid groups (broad SMARTS) is 1. The third-order valence-corrected chi connectivity index (χ3v) is 4.23. The van der Waals surface area contributed by atoms with E-state index in [4.69, 9.17) is 21.4 Å². The number of halogens is 1. The van der Waals surface area contributed by atoms with Crippen molar-refractivity contribution >= 4 is 17.6 Å². The zero-order valence-corrected chi connectivity index (χ0v) is 15.1. The highest BCUT2D eigenvalue weighted by Crippen LogP contribution is 2.26. The Morgan fingerprint density at radius 1 is 1.19 bits per heavy atom. The first-order valence-corrected chi connectivity index (χ1v) is 8.64. The monoisotopic (exact) mass is 370 g/mol. The first kappa shape index (κ1) is 18.0. The molecule has 0 spiro atoms. The van der Waals surface area contributed by atoms with Crippen LogP contribution in [0, 0.1) is 5.92 Å². The van der Waals surface area contributed by atoms with Crippen LogP contribution in [-0.2, 0) is 11.3 Å². The number of carbonyl (C=O) groups is 1. The number of hydrogen-bond acceptors (Lipinski definition) is 3. The van der Waals surface area contributed by atoms with Gasteiger partial charge in [0, 0.05) is 16.7 Å². The maximum atomic E-state index is 11.0. The highest BCUT2D eigenvalue weighted by atomic mass is 35.5. The van der Waals surface area contributed by atoms with Crippen molar-refractivity contribution in [3.8, 4) is 17.1 Å². The molecule has 2 aromatic carbocycles. The Bertz CT molecular complexity index is 876. The minimum Gasteiger partial charge on any atom is -0.481 e. The highest BCUT2D eigenvalue weighted by Gasteiger charge is 2.15. The smallest absolute Gasteiger partial charge is 0.309 e. The molecule has 1 atom stereocenters. The second-order valence-electron chi connectivity index (χ2n) is 6.07. The van der Waals surface area contributed by atoms with E-state index in [1.165, 1.54) is 0 Å². The van der Waals surface area contributed by atoms with E-state index in [1.54, 1.807) is 6.92 Å². The molecule has 1 heterocycles. The Kier molecular flexibility index (Phi) is 5.58. The van der Waals surface area contributed by atoms with Gasteiger partial charge in [0.15, 0.2) is 0 Å². The minimum absolute atomic E-state index is 0.0672. The van der Waals surface area contributed by atoms with Gasteiger partial charge in [0.1, 0.15) is 6.61 Å². The molecule has 26 heavy (non-hydrogen) atoms. The lowest BCUT2D eigenvalue weighted by Gasteiger charge is -2.08. The number of carboxylic acids is 1.